The van der Waals surface area contributed by atoms with Crippen LogP contribution in [0.3, 0.4) is 0 Å². The highest BCUT2D eigenvalue weighted by molar-refractivity contribution is 2.57. The average Bonchev–Trinajstić information content (AvgIpc) is 3.21. The molecule has 0 saturated carbocycles. The van der Waals surface area contributed by atoms with E-state index < -0.39 is 0 Å². The Hall–Kier alpha value is -0.640. The SMILES string of the molecule is C.C.C.C.C.C.C.C.C.C.C.C.C.C.C.C.C.C.C.C.C.C.C.C.C.C.C.C.C.C.C.C.C.C.C.C.C.C.C.C.C.C.C.C.C.C.C.C.C.C.C.C.C.C.C.C.C.C.C.C.[2H]N.[2H]N.[2H]N.[2H]N.[2H]N.[2H]N.[2H]N.[2H]N.[2H]N.[2H]N.[2H]N.[2H]N.[2H]N.[2H]N.[2H]N.[2H]N.[3H]C.[3H]C.[3H]C.[3H]C. The van der Waals surface area contributed by atoms with Gasteiger partial charge in [0.2, 0.25) is 0 Å². The third-order valence-electron chi connectivity index (χ3n) is 0. The molecule has 0 aromatic carbocycles. The summed E-state index contributed by atoms with van der Waals surface area (Å²) in [4.78, 5) is 0. The molecule has 0 atom stereocenters. The zero-order chi connectivity index (χ0) is 40.0. The Bertz CT molecular complexity index is 130. The molecular formula is C64H304N16. The standard InChI is InChI=1S/64CH4.16H3N/h64*1H4;16*1H3/i4*1T;;;;;;;;;;;;;;;;;;;;;;;;;;;;;;;;;;;;;;;;;;;;;;;;;;;;;;;;;;;;;;;;;;;;;;;;;;;;/hD16. The van der Waals surface area contributed by atoms with Gasteiger partial charge in [0.05, 0.1) is 0 Å². The fourth-order valence-corrected chi connectivity index (χ4v) is 0. The minimum absolute atomic E-state index is 0. The molecule has 0 amide bonds. The minimum Gasteiger partial charge on any atom is -0.344 e. The van der Waals surface area contributed by atoms with E-state index in [0.717, 1.165) is 0 Å². The number of rotatable bonds is 0. The van der Waals surface area contributed by atoms with E-state index in [4.69, 9.17) is 28.1 Å². The molecule has 0 spiro atoms. The molecule has 0 saturated heterocycles. The lowest BCUT2D eigenvalue weighted by Gasteiger charge is -0.345. The van der Waals surface area contributed by atoms with Crippen LogP contribution >= 0.6 is 0 Å². The van der Waals surface area contributed by atoms with Crippen LogP contribution in [0.5, 0.6) is 0 Å². The summed E-state index contributed by atoms with van der Waals surface area (Å²) in [5.41, 5.74) is 0. The van der Waals surface area contributed by atoms with Gasteiger partial charge in [-0.2, -0.15) is 0 Å². The summed E-state index contributed by atoms with van der Waals surface area (Å²) in [6.07, 6.45) is 60.0. The molecule has 0 unspecified atom stereocenters. The molecule has 0 bridgehead atoms. The molecule has 0 radical (unpaired) electrons. The van der Waals surface area contributed by atoms with Gasteiger partial charge in [0.15, 0.2) is 0 Å². The smallest absolute Gasteiger partial charge is 0.115 e. The fraction of sp³-hybridized carbons (Fsp3) is 1.00. The number of hydrogen-bond acceptors (Lipinski definition) is 16. The maximum absolute atomic E-state index is 5.75. The molecule has 0 fully saturated rings. The largest absolute Gasteiger partial charge is 0.344 e. The molecule has 0 aliphatic carbocycles. The van der Waals surface area contributed by atoms with Crippen LogP contribution in [0.2, 0.25) is 22.6 Å². The molecule has 16 heteroatoms. The van der Waals surface area contributed by atoms with Crippen LogP contribution in [0.4, 0.5) is 0 Å². The second-order valence-corrected chi connectivity index (χ2v) is 0. The zero-order valence-corrected chi connectivity index (χ0v) is 13.2. The van der Waals surface area contributed by atoms with Crippen molar-refractivity contribution in [3.63, 3.8) is 0 Å². The molecule has 0 aliphatic rings. The fourth-order valence-electron chi connectivity index (χ4n) is 0. The van der Waals surface area contributed by atoms with E-state index in [1.165, 1.54) is 29.6 Å². The van der Waals surface area contributed by atoms with Crippen LogP contribution < -0.4 is 98.3 Å². The normalized spacial score (nSPS) is 1.75. The summed E-state index contributed by atoms with van der Waals surface area (Å²) in [5.74, 6) is 0. The van der Waals surface area contributed by atoms with E-state index >= 15 is 0 Å². The third kappa shape index (κ3) is 1100000. The highest BCUT2D eigenvalue weighted by atomic mass is 14.0. The Morgan fingerprint density at radius 3 is 0.0750 bits per heavy atom. The molecular weight excluding hydrogens is 993 g/mol. The van der Waals surface area contributed by atoms with Crippen molar-refractivity contribution < 1.29 is 28.1 Å². The van der Waals surface area contributed by atoms with Crippen LogP contribution in [0.15, 0.2) is 0 Å². The Morgan fingerprint density at radius 1 is 0.0750 bits per heavy atom. The maximum atomic E-state index is 5.75. The van der Waals surface area contributed by atoms with Crippen LogP contribution in [0.1, 0.15) is 481 Å². The summed E-state index contributed by atoms with van der Waals surface area (Å²) in [5, 5.41) is 0. The van der Waals surface area contributed by atoms with Gasteiger partial charge < -0.3 is 98.3 Å². The Labute approximate surface area is 600 Å². The molecule has 640 valence electrons. The molecule has 0 heterocycles. The monoisotopic (exact) mass is 1320 g/mol. The molecule has 0 aromatic heterocycles. The van der Waals surface area contributed by atoms with Crippen LogP contribution in [-0.4, -0.2) is 0 Å². The summed E-state index contributed by atoms with van der Waals surface area (Å²) in [6.45, 7) is 0. The van der Waals surface area contributed by atoms with Crippen molar-refractivity contribution in [3.05, 3.63) is 0 Å². The molecule has 48 N–H and O–H groups in total. The zero-order valence-electron chi connectivity index (χ0n) is 33.2. The molecule has 0 aliphatic heterocycles. The van der Waals surface area contributed by atoms with Crippen molar-refractivity contribution in [2.45, 2.75) is 475 Å². The topological polar surface area (TPSA) is 560 Å². The van der Waals surface area contributed by atoms with Crippen molar-refractivity contribution in [2.24, 2.45) is 0 Å². The summed E-state index contributed by atoms with van der Waals surface area (Å²) in [7, 11) is 5.00. The number of hydrogen-bond donors (Lipinski definition) is 16. The highest BCUT2D eigenvalue weighted by Gasteiger charge is -0.0113. The van der Waals surface area contributed by atoms with Crippen molar-refractivity contribution >= 4 is 0 Å². The predicted molar refractivity (Wildman–Crippen MR) is 511 cm³/mol. The van der Waals surface area contributed by atoms with Crippen LogP contribution in [0.25, 0.3) is 0 Å². The highest BCUT2D eigenvalue weighted by Crippen LogP contribution is 0.209. The van der Waals surface area contributed by atoms with Gasteiger partial charge in [-0.1, -0.05) is 475 Å². The lowest BCUT2D eigenvalue weighted by atomic mass is 12.0. The second kappa shape index (κ2) is 1140000. The van der Waals surface area contributed by atoms with E-state index in [9.17, 15) is 0 Å². The van der Waals surface area contributed by atoms with Crippen molar-refractivity contribution in [1.29, 1.82) is 0 Å². The quantitative estimate of drug-likeness (QED) is 0.107. The maximum Gasteiger partial charge on any atom is 0.115 e. The first-order valence-corrected chi connectivity index (χ1v) is 0. The van der Waals surface area contributed by atoms with E-state index in [2.05, 4.69) is 98.3 Å². The average molecular weight is 1320 g/mol. The Morgan fingerprint density at radius 2 is 0.0750 bits per heavy atom. The van der Waals surface area contributed by atoms with Crippen LogP contribution in [-0.2, 0) is 0 Å². The summed E-state index contributed by atoms with van der Waals surface area (Å²) in [6, 6.07) is 0. The van der Waals surface area contributed by atoms with Gasteiger partial charge in [-0.05, 0) is 0 Å². The first-order valence-electron chi connectivity index (χ1n) is 13.2. The predicted octanol–water partition coefficient (Wildman–Crippen LogP) is 43.3. The Balaban J connectivity index is -0.000000000523. The Kier molecular flexibility index (Phi) is 18600000. The molecule has 16 nitrogen and oxygen atoms in total. The van der Waals surface area contributed by atoms with Gasteiger partial charge in [0.25, 0.3) is 0 Å². The van der Waals surface area contributed by atoms with Gasteiger partial charge in [0, 0.05) is 5.48 Å². The van der Waals surface area contributed by atoms with Crippen molar-refractivity contribution in [1.82, 2.24) is 98.3 Å². The van der Waals surface area contributed by atoms with Gasteiger partial charge in [0.1, 0.15) is 22.6 Å². The van der Waals surface area contributed by atoms with E-state index in [1.807, 2.05) is 0 Å². The van der Waals surface area contributed by atoms with E-state index in [1.54, 1.807) is 0 Å². The lowest BCUT2D eigenvalue weighted by Crippen LogP contribution is -0.482. The lowest BCUT2D eigenvalue weighted by molar-refractivity contribution is 2.13. The van der Waals surface area contributed by atoms with E-state index in [-0.39, 0.29) is 446 Å². The molecule has 80 heavy (non-hydrogen) atoms. The van der Waals surface area contributed by atoms with Gasteiger partial charge in [-0.15, -0.1) is 0 Å². The second-order valence-electron chi connectivity index (χ2n) is 0. The first-order chi connectivity index (χ1) is 20.0. The van der Waals surface area contributed by atoms with Gasteiger partial charge in [-0.3, -0.25) is 0 Å². The summed E-state index contributed by atoms with van der Waals surface area (Å²) < 4.78 is 107. The minimum atomic E-state index is 0. The third-order valence-corrected chi connectivity index (χ3v) is 0. The van der Waals surface area contributed by atoms with Crippen molar-refractivity contribution in [2.75, 3.05) is 0 Å². The molecule has 0 aromatic rings. The van der Waals surface area contributed by atoms with Crippen LogP contribution in [0, 0.1) is 0 Å². The van der Waals surface area contributed by atoms with E-state index in [0.29, 0.717) is 0 Å². The van der Waals surface area contributed by atoms with Gasteiger partial charge in [-0.25, -0.2) is 0 Å². The molecule has 0 rings (SSSR count). The first kappa shape index (κ1) is 1300. The summed E-state index contributed by atoms with van der Waals surface area (Å²) >= 11 is 0. The van der Waals surface area contributed by atoms with Gasteiger partial charge >= 0.3 is 0 Å². The van der Waals surface area contributed by atoms with Crippen molar-refractivity contribution in [3.8, 4) is 0 Å².